The predicted molar refractivity (Wildman–Crippen MR) is 125 cm³/mol. The molecule has 0 heterocycles. The number of hydrogen-bond donors (Lipinski definition) is 1. The van der Waals surface area contributed by atoms with Gasteiger partial charge in [0.1, 0.15) is 24.1 Å². The van der Waals surface area contributed by atoms with Crippen LogP contribution >= 0.6 is 22.6 Å². The number of benzene rings is 3. The summed E-state index contributed by atoms with van der Waals surface area (Å²) in [5.41, 5.74) is 1.93. The molecule has 0 atom stereocenters. The van der Waals surface area contributed by atoms with Gasteiger partial charge in [0.15, 0.2) is 11.5 Å². The van der Waals surface area contributed by atoms with Crippen LogP contribution in [0.15, 0.2) is 72.3 Å². The molecule has 0 bridgehead atoms. The monoisotopic (exact) mass is 528 g/mol. The molecule has 5 nitrogen and oxygen atoms in total. The van der Waals surface area contributed by atoms with Crippen molar-refractivity contribution in [2.75, 3.05) is 12.4 Å². The largest absolute Gasteiger partial charge is 0.493 e. The molecular weight excluding hydrogens is 510 g/mol. The van der Waals surface area contributed by atoms with Crippen LogP contribution in [0.25, 0.3) is 6.08 Å². The number of carbonyl (C=O) groups is 1. The molecule has 1 N–H and O–H groups in total. The molecule has 0 spiro atoms. The summed E-state index contributed by atoms with van der Waals surface area (Å²) in [7, 11) is 1.53. The fourth-order valence-corrected chi connectivity index (χ4v) is 3.52. The van der Waals surface area contributed by atoms with Gasteiger partial charge in [-0.2, -0.15) is 5.26 Å². The zero-order valence-electron chi connectivity index (χ0n) is 16.6. The van der Waals surface area contributed by atoms with Crippen molar-refractivity contribution in [3.05, 3.63) is 92.8 Å². The Balaban J connectivity index is 1.81. The number of nitriles is 1. The van der Waals surface area contributed by atoms with Gasteiger partial charge < -0.3 is 14.8 Å². The Morgan fingerprint density at radius 2 is 1.87 bits per heavy atom. The van der Waals surface area contributed by atoms with Gasteiger partial charge in [-0.1, -0.05) is 30.3 Å². The third kappa shape index (κ3) is 6.06. The van der Waals surface area contributed by atoms with Crippen molar-refractivity contribution in [3.63, 3.8) is 0 Å². The second kappa shape index (κ2) is 10.6. The third-order valence-electron chi connectivity index (χ3n) is 4.26. The normalized spacial score (nSPS) is 10.8. The van der Waals surface area contributed by atoms with Gasteiger partial charge in [0, 0.05) is 5.69 Å². The summed E-state index contributed by atoms with van der Waals surface area (Å²) in [5, 5.41) is 12.0. The number of nitrogens with one attached hydrogen (secondary N) is 1. The van der Waals surface area contributed by atoms with E-state index in [-0.39, 0.29) is 5.57 Å². The number of anilines is 1. The standard InChI is InChI=1S/C24H18FIN2O3/c1-30-22-13-17(12-21(26)23(22)31-15-16-5-3-2-4-6-16)11-18(14-27)24(29)28-20-9-7-19(25)8-10-20/h2-13H,15H2,1H3,(H,28,29)/b18-11-. The lowest BCUT2D eigenvalue weighted by atomic mass is 10.1. The lowest BCUT2D eigenvalue weighted by Gasteiger charge is -2.14. The minimum atomic E-state index is -0.590. The number of carbonyl (C=O) groups excluding carboxylic acids is 1. The third-order valence-corrected chi connectivity index (χ3v) is 5.06. The van der Waals surface area contributed by atoms with Crippen molar-refractivity contribution in [2.45, 2.75) is 6.61 Å². The van der Waals surface area contributed by atoms with Gasteiger partial charge in [-0.15, -0.1) is 0 Å². The second-order valence-electron chi connectivity index (χ2n) is 6.44. The van der Waals surface area contributed by atoms with Crippen LogP contribution in [0.3, 0.4) is 0 Å². The smallest absolute Gasteiger partial charge is 0.266 e. The number of amides is 1. The first-order valence-electron chi connectivity index (χ1n) is 9.23. The van der Waals surface area contributed by atoms with Crippen molar-refractivity contribution in [1.29, 1.82) is 5.26 Å². The average molecular weight is 528 g/mol. The lowest BCUT2D eigenvalue weighted by molar-refractivity contribution is -0.112. The maximum absolute atomic E-state index is 13.0. The highest BCUT2D eigenvalue weighted by molar-refractivity contribution is 14.1. The zero-order valence-corrected chi connectivity index (χ0v) is 18.7. The Labute approximate surface area is 193 Å². The number of hydrogen-bond acceptors (Lipinski definition) is 4. The fourth-order valence-electron chi connectivity index (χ4n) is 2.74. The first-order valence-corrected chi connectivity index (χ1v) is 10.3. The van der Waals surface area contributed by atoms with Gasteiger partial charge in [-0.05, 0) is 76.2 Å². The first-order chi connectivity index (χ1) is 15.0. The van der Waals surface area contributed by atoms with E-state index in [0.29, 0.717) is 29.4 Å². The van der Waals surface area contributed by atoms with E-state index in [0.717, 1.165) is 9.13 Å². The summed E-state index contributed by atoms with van der Waals surface area (Å²) in [5.74, 6) is 0.0708. The first kappa shape index (κ1) is 22.3. The van der Waals surface area contributed by atoms with Gasteiger partial charge in [-0.25, -0.2) is 4.39 Å². The summed E-state index contributed by atoms with van der Waals surface area (Å²) < 4.78 is 25.2. The summed E-state index contributed by atoms with van der Waals surface area (Å²) in [6, 6.07) is 20.5. The highest BCUT2D eigenvalue weighted by atomic mass is 127. The minimum Gasteiger partial charge on any atom is -0.493 e. The highest BCUT2D eigenvalue weighted by Gasteiger charge is 2.14. The molecular formula is C24H18FIN2O3. The van der Waals surface area contributed by atoms with Crippen LogP contribution in [0, 0.1) is 20.7 Å². The van der Waals surface area contributed by atoms with E-state index in [9.17, 15) is 14.4 Å². The van der Waals surface area contributed by atoms with Gasteiger partial charge >= 0.3 is 0 Å². The van der Waals surface area contributed by atoms with Crippen LogP contribution in [-0.4, -0.2) is 13.0 Å². The Morgan fingerprint density at radius 1 is 1.16 bits per heavy atom. The highest BCUT2D eigenvalue weighted by Crippen LogP contribution is 2.35. The van der Waals surface area contributed by atoms with Crippen LogP contribution in [0.5, 0.6) is 11.5 Å². The molecule has 0 saturated carbocycles. The number of ether oxygens (including phenoxy) is 2. The van der Waals surface area contributed by atoms with Crippen molar-refractivity contribution in [2.24, 2.45) is 0 Å². The van der Waals surface area contributed by atoms with Crippen molar-refractivity contribution >= 4 is 40.3 Å². The van der Waals surface area contributed by atoms with E-state index in [4.69, 9.17) is 9.47 Å². The Morgan fingerprint density at radius 3 is 2.52 bits per heavy atom. The molecule has 0 unspecified atom stereocenters. The molecule has 3 rings (SSSR count). The average Bonchev–Trinajstić information content (AvgIpc) is 2.78. The van der Waals surface area contributed by atoms with E-state index in [2.05, 4.69) is 27.9 Å². The molecule has 0 fully saturated rings. The van der Waals surface area contributed by atoms with Crippen LogP contribution in [0.4, 0.5) is 10.1 Å². The van der Waals surface area contributed by atoms with E-state index < -0.39 is 11.7 Å². The van der Waals surface area contributed by atoms with Crippen molar-refractivity contribution in [1.82, 2.24) is 0 Å². The summed E-state index contributed by atoms with van der Waals surface area (Å²) in [4.78, 5) is 12.4. The molecule has 0 radical (unpaired) electrons. The molecule has 3 aromatic carbocycles. The Kier molecular flexibility index (Phi) is 7.62. The Hall–Kier alpha value is -3.38. The molecule has 1 amide bonds. The molecule has 0 aliphatic heterocycles. The number of methoxy groups -OCH3 is 1. The van der Waals surface area contributed by atoms with Gasteiger partial charge in [0.05, 0.1) is 10.7 Å². The number of rotatable bonds is 7. The summed E-state index contributed by atoms with van der Waals surface area (Å²) in [6.07, 6.45) is 1.46. The number of halogens is 2. The topological polar surface area (TPSA) is 71.3 Å². The lowest BCUT2D eigenvalue weighted by Crippen LogP contribution is -2.13. The molecule has 156 valence electrons. The van der Waals surface area contributed by atoms with Gasteiger partial charge in [0.2, 0.25) is 0 Å². The van der Waals surface area contributed by atoms with Crippen LogP contribution < -0.4 is 14.8 Å². The van der Waals surface area contributed by atoms with Gasteiger partial charge in [-0.3, -0.25) is 4.79 Å². The van der Waals surface area contributed by atoms with Crippen LogP contribution in [-0.2, 0) is 11.4 Å². The molecule has 0 aromatic heterocycles. The second-order valence-corrected chi connectivity index (χ2v) is 7.60. The molecule has 31 heavy (non-hydrogen) atoms. The quantitative estimate of drug-likeness (QED) is 0.248. The molecule has 0 aliphatic rings. The summed E-state index contributed by atoms with van der Waals surface area (Å²) >= 11 is 2.12. The van der Waals surface area contributed by atoms with E-state index in [1.54, 1.807) is 12.1 Å². The van der Waals surface area contributed by atoms with Crippen molar-refractivity contribution < 1.29 is 18.7 Å². The molecule has 0 aliphatic carbocycles. The number of nitrogens with zero attached hydrogens (tertiary/aromatic N) is 1. The van der Waals surface area contributed by atoms with Crippen LogP contribution in [0.1, 0.15) is 11.1 Å². The maximum atomic E-state index is 13.0. The van der Waals surface area contributed by atoms with E-state index in [1.165, 1.54) is 37.5 Å². The van der Waals surface area contributed by atoms with Crippen molar-refractivity contribution in [3.8, 4) is 17.6 Å². The zero-order chi connectivity index (χ0) is 22.2. The minimum absolute atomic E-state index is 0.0971. The Bertz CT molecular complexity index is 1140. The maximum Gasteiger partial charge on any atom is 0.266 e. The molecule has 7 heteroatoms. The molecule has 0 saturated heterocycles. The van der Waals surface area contributed by atoms with E-state index in [1.807, 2.05) is 36.4 Å². The SMILES string of the molecule is COc1cc(/C=C(/C#N)C(=O)Nc2ccc(F)cc2)cc(I)c1OCc1ccccc1. The van der Waals surface area contributed by atoms with Gasteiger partial charge in [0.25, 0.3) is 5.91 Å². The van der Waals surface area contributed by atoms with Crippen LogP contribution in [0.2, 0.25) is 0 Å². The molecule has 3 aromatic rings. The van der Waals surface area contributed by atoms with E-state index >= 15 is 0 Å². The fraction of sp³-hybridized carbons (Fsp3) is 0.0833. The predicted octanol–water partition coefficient (Wildman–Crippen LogP) is 5.56. The summed E-state index contributed by atoms with van der Waals surface area (Å²) in [6.45, 7) is 0.381.